The predicted molar refractivity (Wildman–Crippen MR) is 89.1 cm³/mol. The van der Waals surface area contributed by atoms with Gasteiger partial charge < -0.3 is 9.47 Å². The van der Waals surface area contributed by atoms with Gasteiger partial charge in [-0.1, -0.05) is 42.5 Å². The van der Waals surface area contributed by atoms with Crippen LogP contribution in [-0.2, 0) is 20.7 Å². The number of rotatable bonds is 7. The number of carbonyl (C=O) groups is 1. The van der Waals surface area contributed by atoms with Gasteiger partial charge >= 0.3 is 5.97 Å². The summed E-state index contributed by atoms with van der Waals surface area (Å²) < 4.78 is 10.7. The minimum Gasteiger partial charge on any atom is -0.465 e. The first kappa shape index (κ1) is 16.2. The van der Waals surface area contributed by atoms with E-state index in [1.807, 2.05) is 13.0 Å². The van der Waals surface area contributed by atoms with Crippen molar-refractivity contribution < 1.29 is 14.3 Å². The third kappa shape index (κ3) is 3.19. The molecule has 4 heteroatoms. The van der Waals surface area contributed by atoms with Crippen LogP contribution in [0.5, 0.6) is 0 Å². The Morgan fingerprint density at radius 1 is 1.22 bits per heavy atom. The van der Waals surface area contributed by atoms with Gasteiger partial charge in [0.05, 0.1) is 13.2 Å². The van der Waals surface area contributed by atoms with Gasteiger partial charge in [0, 0.05) is 31.5 Å². The summed E-state index contributed by atoms with van der Waals surface area (Å²) in [6.45, 7) is 3.83. The highest BCUT2D eigenvalue weighted by Gasteiger charge is 2.53. The fourth-order valence-electron chi connectivity index (χ4n) is 3.97. The molecule has 1 saturated heterocycles. The highest BCUT2D eigenvalue weighted by Crippen LogP contribution is 2.43. The number of nitrogens with zero attached hydrogens (tertiary/aromatic N) is 1. The number of hydrogen-bond donors (Lipinski definition) is 0. The van der Waals surface area contributed by atoms with Gasteiger partial charge in [-0.3, -0.25) is 9.69 Å². The Bertz CT molecular complexity index is 557. The van der Waals surface area contributed by atoms with E-state index in [2.05, 4.69) is 41.3 Å². The van der Waals surface area contributed by atoms with Gasteiger partial charge in [0.15, 0.2) is 0 Å². The molecular formula is C19H25NO3. The molecular weight excluding hydrogens is 290 g/mol. The molecule has 0 spiro atoms. The molecule has 124 valence electrons. The molecule has 1 aliphatic carbocycles. The van der Waals surface area contributed by atoms with E-state index in [0.717, 1.165) is 13.0 Å². The predicted octanol–water partition coefficient (Wildman–Crippen LogP) is 2.29. The summed E-state index contributed by atoms with van der Waals surface area (Å²) in [4.78, 5) is 14.8. The number of carbonyl (C=O) groups excluding carboxylic acids is 1. The third-order valence-corrected chi connectivity index (χ3v) is 4.96. The minimum absolute atomic E-state index is 0.0986. The zero-order valence-corrected chi connectivity index (χ0v) is 13.9. The van der Waals surface area contributed by atoms with Crippen LogP contribution in [0.1, 0.15) is 12.5 Å². The number of hydrogen-bond acceptors (Lipinski definition) is 4. The summed E-state index contributed by atoms with van der Waals surface area (Å²) in [6, 6.07) is 10.5. The molecule has 1 aliphatic heterocycles. The van der Waals surface area contributed by atoms with E-state index in [0.29, 0.717) is 19.1 Å². The van der Waals surface area contributed by atoms with Gasteiger partial charge in [-0.05, 0) is 18.9 Å². The van der Waals surface area contributed by atoms with Crippen molar-refractivity contribution in [3.63, 3.8) is 0 Å². The van der Waals surface area contributed by atoms with Crippen molar-refractivity contribution in [2.24, 2.45) is 11.8 Å². The molecule has 0 N–H and O–H groups in total. The molecule has 4 unspecified atom stereocenters. The van der Waals surface area contributed by atoms with Gasteiger partial charge in [-0.2, -0.15) is 0 Å². The summed E-state index contributed by atoms with van der Waals surface area (Å²) in [7, 11) is 1.73. The Kier molecular flexibility index (Phi) is 5.13. The Labute approximate surface area is 138 Å². The van der Waals surface area contributed by atoms with Crippen molar-refractivity contribution in [1.82, 2.24) is 4.90 Å². The molecule has 3 rings (SSSR count). The molecule has 1 fully saturated rings. The second-order valence-electron chi connectivity index (χ2n) is 6.24. The van der Waals surface area contributed by atoms with E-state index < -0.39 is 0 Å². The molecule has 1 aromatic carbocycles. The lowest BCUT2D eigenvalue weighted by atomic mass is 9.93. The summed E-state index contributed by atoms with van der Waals surface area (Å²) in [6.07, 6.45) is 5.34. The van der Waals surface area contributed by atoms with Crippen LogP contribution in [0.25, 0.3) is 0 Å². The standard InChI is InChI=1S/C19H25NO3/c1-3-23-19(21)18-15-9-10-17(16(15)13-22-2)20(18)12-11-14-7-5-4-6-8-14/h4-10,15-18H,3,11-13H2,1-2H3. The molecule has 23 heavy (non-hydrogen) atoms. The first-order valence-corrected chi connectivity index (χ1v) is 8.39. The van der Waals surface area contributed by atoms with E-state index in [-0.39, 0.29) is 24.0 Å². The zero-order valence-electron chi connectivity index (χ0n) is 13.9. The minimum atomic E-state index is -0.172. The maximum Gasteiger partial charge on any atom is 0.323 e. The zero-order chi connectivity index (χ0) is 16.2. The van der Waals surface area contributed by atoms with E-state index in [4.69, 9.17) is 9.47 Å². The highest BCUT2D eigenvalue weighted by atomic mass is 16.5. The number of likely N-dealkylation sites (tertiary alicyclic amines) is 1. The molecule has 0 aromatic heterocycles. The van der Waals surface area contributed by atoms with Gasteiger partial charge in [0.2, 0.25) is 0 Å². The molecule has 0 saturated carbocycles. The number of fused-ring (bicyclic) bond motifs is 2. The lowest BCUT2D eigenvalue weighted by molar-refractivity contribution is -0.149. The van der Waals surface area contributed by atoms with Crippen molar-refractivity contribution in [2.75, 3.05) is 26.9 Å². The quantitative estimate of drug-likeness (QED) is 0.572. The summed E-state index contributed by atoms with van der Waals surface area (Å²) >= 11 is 0. The molecule has 2 aliphatic rings. The SMILES string of the molecule is CCOC(=O)C1C2C=CC(C2COC)N1CCc1ccccc1. The van der Waals surface area contributed by atoms with E-state index in [9.17, 15) is 4.79 Å². The van der Waals surface area contributed by atoms with Gasteiger partial charge in [0.25, 0.3) is 0 Å². The number of methoxy groups -OCH3 is 1. The number of benzene rings is 1. The van der Waals surface area contributed by atoms with Crippen LogP contribution in [0.15, 0.2) is 42.5 Å². The van der Waals surface area contributed by atoms with Crippen molar-refractivity contribution in [3.05, 3.63) is 48.0 Å². The van der Waals surface area contributed by atoms with Crippen molar-refractivity contribution in [3.8, 4) is 0 Å². The monoisotopic (exact) mass is 315 g/mol. The number of esters is 1. The Morgan fingerprint density at radius 2 is 2.00 bits per heavy atom. The fraction of sp³-hybridized carbons (Fsp3) is 0.526. The van der Waals surface area contributed by atoms with Crippen molar-refractivity contribution in [1.29, 1.82) is 0 Å². The average molecular weight is 315 g/mol. The Balaban J connectivity index is 1.75. The topological polar surface area (TPSA) is 38.8 Å². The average Bonchev–Trinajstić information content (AvgIpc) is 3.09. The Hall–Kier alpha value is -1.65. The van der Waals surface area contributed by atoms with E-state index >= 15 is 0 Å². The van der Waals surface area contributed by atoms with Crippen LogP contribution in [0.3, 0.4) is 0 Å². The maximum atomic E-state index is 12.5. The highest BCUT2D eigenvalue weighted by molar-refractivity contribution is 5.78. The second kappa shape index (κ2) is 7.28. The van der Waals surface area contributed by atoms with Crippen LogP contribution in [-0.4, -0.2) is 49.8 Å². The Morgan fingerprint density at radius 3 is 2.70 bits per heavy atom. The van der Waals surface area contributed by atoms with E-state index in [1.165, 1.54) is 5.56 Å². The molecule has 1 aromatic rings. The smallest absolute Gasteiger partial charge is 0.323 e. The third-order valence-electron chi connectivity index (χ3n) is 4.96. The molecule has 2 bridgehead atoms. The summed E-state index contributed by atoms with van der Waals surface area (Å²) in [5.41, 5.74) is 1.30. The van der Waals surface area contributed by atoms with Gasteiger partial charge in [-0.15, -0.1) is 0 Å². The van der Waals surface area contributed by atoms with Crippen LogP contribution >= 0.6 is 0 Å². The van der Waals surface area contributed by atoms with Gasteiger partial charge in [-0.25, -0.2) is 0 Å². The molecule has 0 radical (unpaired) electrons. The lowest BCUT2D eigenvalue weighted by Crippen LogP contribution is -2.45. The normalized spacial score (nSPS) is 29.1. The first-order chi connectivity index (χ1) is 11.3. The maximum absolute atomic E-state index is 12.5. The molecule has 4 atom stereocenters. The molecule has 0 amide bonds. The van der Waals surface area contributed by atoms with Crippen molar-refractivity contribution in [2.45, 2.75) is 25.4 Å². The lowest BCUT2D eigenvalue weighted by Gasteiger charge is -2.30. The van der Waals surface area contributed by atoms with Crippen LogP contribution in [0.4, 0.5) is 0 Å². The molecule has 1 heterocycles. The summed E-state index contributed by atoms with van der Waals surface area (Å²) in [5.74, 6) is 0.457. The largest absolute Gasteiger partial charge is 0.465 e. The first-order valence-electron chi connectivity index (χ1n) is 8.39. The van der Waals surface area contributed by atoms with Gasteiger partial charge in [0.1, 0.15) is 6.04 Å². The molecule has 4 nitrogen and oxygen atoms in total. The second-order valence-corrected chi connectivity index (χ2v) is 6.24. The van der Waals surface area contributed by atoms with Crippen molar-refractivity contribution >= 4 is 5.97 Å². The van der Waals surface area contributed by atoms with Crippen LogP contribution in [0, 0.1) is 11.8 Å². The van der Waals surface area contributed by atoms with Crippen LogP contribution in [0.2, 0.25) is 0 Å². The van der Waals surface area contributed by atoms with E-state index in [1.54, 1.807) is 7.11 Å². The number of ether oxygens (including phenoxy) is 2. The fourth-order valence-corrected chi connectivity index (χ4v) is 3.97. The van der Waals surface area contributed by atoms with Crippen LogP contribution < -0.4 is 0 Å². The summed E-state index contributed by atoms with van der Waals surface area (Å²) in [5, 5.41) is 0.